The fourth-order valence-corrected chi connectivity index (χ4v) is 3.07. The van der Waals surface area contributed by atoms with Crippen LogP contribution in [-0.2, 0) is 0 Å². The zero-order valence-corrected chi connectivity index (χ0v) is 14.8. The molecule has 1 N–H and O–H groups in total. The van der Waals surface area contributed by atoms with Gasteiger partial charge in [-0.1, -0.05) is 0 Å². The maximum atomic E-state index is 12.4. The smallest absolute Gasteiger partial charge is 0.252 e. The van der Waals surface area contributed by atoms with Crippen molar-refractivity contribution in [2.75, 3.05) is 20.6 Å². The topological polar surface area (TPSA) is 67.6 Å². The van der Waals surface area contributed by atoms with Crippen LogP contribution in [0.3, 0.4) is 0 Å². The molecule has 6 heteroatoms. The number of hydrogen-bond donors (Lipinski definition) is 1. The van der Waals surface area contributed by atoms with Crippen LogP contribution in [0.1, 0.15) is 47.8 Å². The van der Waals surface area contributed by atoms with Crippen LogP contribution < -0.4 is 10.1 Å². The van der Waals surface area contributed by atoms with E-state index in [-0.39, 0.29) is 18.1 Å². The van der Waals surface area contributed by atoms with Gasteiger partial charge in [-0.3, -0.25) is 9.69 Å². The van der Waals surface area contributed by atoms with E-state index in [9.17, 15) is 4.79 Å². The van der Waals surface area contributed by atoms with E-state index in [0.717, 1.165) is 18.6 Å². The SMILES string of the molecule is CN(C)[C@@H](CNC(=O)c1ccc(OC2CCCC2)nc1)c1ccco1. The molecule has 0 aliphatic heterocycles. The molecule has 0 aromatic carbocycles. The van der Waals surface area contributed by atoms with Crippen molar-refractivity contribution >= 4 is 5.91 Å². The van der Waals surface area contributed by atoms with Gasteiger partial charge in [-0.15, -0.1) is 0 Å². The summed E-state index contributed by atoms with van der Waals surface area (Å²) in [5.41, 5.74) is 0.524. The molecule has 0 bridgehead atoms. The number of hydrogen-bond acceptors (Lipinski definition) is 5. The number of furan rings is 1. The second-order valence-electron chi connectivity index (χ2n) is 6.61. The number of carbonyl (C=O) groups excluding carboxylic acids is 1. The summed E-state index contributed by atoms with van der Waals surface area (Å²) >= 11 is 0. The predicted molar refractivity (Wildman–Crippen MR) is 94.6 cm³/mol. The third-order valence-electron chi connectivity index (χ3n) is 4.54. The number of aromatic nitrogens is 1. The van der Waals surface area contributed by atoms with E-state index in [2.05, 4.69) is 10.3 Å². The molecule has 1 saturated carbocycles. The molecule has 0 spiro atoms. The highest BCUT2D eigenvalue weighted by Gasteiger charge is 2.19. The van der Waals surface area contributed by atoms with Crippen LogP contribution in [0.2, 0.25) is 0 Å². The lowest BCUT2D eigenvalue weighted by atomic mass is 10.2. The molecule has 0 radical (unpaired) electrons. The fourth-order valence-electron chi connectivity index (χ4n) is 3.07. The third kappa shape index (κ3) is 4.60. The molecule has 1 amide bonds. The van der Waals surface area contributed by atoms with Gasteiger partial charge in [0.1, 0.15) is 11.9 Å². The Bertz CT molecular complexity index is 662. The number of nitrogens with one attached hydrogen (secondary N) is 1. The van der Waals surface area contributed by atoms with Crippen LogP contribution in [0, 0.1) is 0 Å². The van der Waals surface area contributed by atoms with Gasteiger partial charge in [-0.05, 0) is 58.0 Å². The minimum Gasteiger partial charge on any atom is -0.474 e. The lowest BCUT2D eigenvalue weighted by Crippen LogP contribution is -2.34. The summed E-state index contributed by atoms with van der Waals surface area (Å²) in [5.74, 6) is 1.26. The van der Waals surface area contributed by atoms with Crippen molar-refractivity contribution in [3.8, 4) is 5.88 Å². The molecule has 0 saturated heterocycles. The van der Waals surface area contributed by atoms with Crippen molar-refractivity contribution in [3.63, 3.8) is 0 Å². The average Bonchev–Trinajstić information content (AvgIpc) is 3.29. The summed E-state index contributed by atoms with van der Waals surface area (Å²) in [4.78, 5) is 18.6. The maximum absolute atomic E-state index is 12.4. The minimum atomic E-state index is -0.154. The quantitative estimate of drug-likeness (QED) is 0.837. The maximum Gasteiger partial charge on any atom is 0.252 e. The van der Waals surface area contributed by atoms with Crippen LogP contribution in [-0.4, -0.2) is 42.5 Å². The number of ether oxygens (including phenoxy) is 1. The second kappa shape index (κ2) is 8.16. The highest BCUT2D eigenvalue weighted by molar-refractivity contribution is 5.93. The summed E-state index contributed by atoms with van der Waals surface area (Å²) in [6.07, 6.45) is 8.08. The summed E-state index contributed by atoms with van der Waals surface area (Å²) in [5, 5.41) is 2.94. The summed E-state index contributed by atoms with van der Waals surface area (Å²) in [6, 6.07) is 7.26. The average molecular weight is 343 g/mol. The third-order valence-corrected chi connectivity index (χ3v) is 4.54. The zero-order chi connectivity index (χ0) is 17.6. The summed E-state index contributed by atoms with van der Waals surface area (Å²) < 4.78 is 11.3. The van der Waals surface area contributed by atoms with Gasteiger partial charge in [-0.2, -0.15) is 0 Å². The second-order valence-corrected chi connectivity index (χ2v) is 6.61. The van der Waals surface area contributed by atoms with Gasteiger partial charge in [0.2, 0.25) is 5.88 Å². The summed E-state index contributed by atoms with van der Waals surface area (Å²) in [7, 11) is 3.91. The molecule has 6 nitrogen and oxygen atoms in total. The van der Waals surface area contributed by atoms with Crippen molar-refractivity contribution in [1.29, 1.82) is 0 Å². The van der Waals surface area contributed by atoms with Crippen molar-refractivity contribution in [2.45, 2.75) is 37.8 Å². The monoisotopic (exact) mass is 343 g/mol. The molecule has 1 fully saturated rings. The zero-order valence-electron chi connectivity index (χ0n) is 14.8. The van der Waals surface area contributed by atoms with Gasteiger partial charge in [0, 0.05) is 18.8 Å². The fraction of sp³-hybridized carbons (Fsp3) is 0.474. The largest absolute Gasteiger partial charge is 0.474 e. The van der Waals surface area contributed by atoms with Crippen LogP contribution in [0.25, 0.3) is 0 Å². The Morgan fingerprint density at radius 1 is 1.36 bits per heavy atom. The number of pyridine rings is 1. The number of amides is 1. The van der Waals surface area contributed by atoms with Crippen LogP contribution >= 0.6 is 0 Å². The number of likely N-dealkylation sites (N-methyl/N-ethyl adjacent to an activating group) is 1. The summed E-state index contributed by atoms with van der Waals surface area (Å²) in [6.45, 7) is 0.458. The molecular formula is C19H25N3O3. The minimum absolute atomic E-state index is 0.0168. The molecule has 2 heterocycles. The van der Waals surface area contributed by atoms with E-state index in [0.29, 0.717) is 18.0 Å². The first-order valence-corrected chi connectivity index (χ1v) is 8.74. The molecule has 1 aliphatic rings. The Balaban J connectivity index is 1.55. The Morgan fingerprint density at radius 2 is 2.16 bits per heavy atom. The molecule has 134 valence electrons. The van der Waals surface area contributed by atoms with Crippen molar-refractivity contribution in [2.24, 2.45) is 0 Å². The highest BCUT2D eigenvalue weighted by atomic mass is 16.5. The van der Waals surface area contributed by atoms with Crippen molar-refractivity contribution in [3.05, 3.63) is 48.0 Å². The Kier molecular flexibility index (Phi) is 5.71. The van der Waals surface area contributed by atoms with Gasteiger partial charge in [0.25, 0.3) is 5.91 Å². The van der Waals surface area contributed by atoms with E-state index in [1.165, 1.54) is 12.8 Å². The van der Waals surface area contributed by atoms with E-state index in [4.69, 9.17) is 9.15 Å². The molecular weight excluding hydrogens is 318 g/mol. The number of carbonyl (C=O) groups is 1. The lowest BCUT2D eigenvalue weighted by Gasteiger charge is -2.22. The molecule has 3 rings (SSSR count). The molecule has 1 atom stereocenters. The molecule has 0 unspecified atom stereocenters. The van der Waals surface area contributed by atoms with Gasteiger partial charge >= 0.3 is 0 Å². The Morgan fingerprint density at radius 3 is 2.76 bits per heavy atom. The normalized spacial score (nSPS) is 16.1. The van der Waals surface area contributed by atoms with Gasteiger partial charge in [0.05, 0.1) is 17.9 Å². The predicted octanol–water partition coefficient (Wildman–Crippen LogP) is 3.03. The highest BCUT2D eigenvalue weighted by Crippen LogP contribution is 2.23. The molecule has 25 heavy (non-hydrogen) atoms. The molecule has 1 aliphatic carbocycles. The van der Waals surface area contributed by atoms with E-state index < -0.39 is 0 Å². The first-order chi connectivity index (χ1) is 12.1. The van der Waals surface area contributed by atoms with Crippen molar-refractivity contribution in [1.82, 2.24) is 15.2 Å². The Labute approximate surface area is 148 Å². The lowest BCUT2D eigenvalue weighted by molar-refractivity contribution is 0.0938. The van der Waals surface area contributed by atoms with Gasteiger partial charge in [-0.25, -0.2) is 4.98 Å². The van der Waals surface area contributed by atoms with Crippen molar-refractivity contribution < 1.29 is 13.9 Å². The number of rotatable bonds is 7. The van der Waals surface area contributed by atoms with Crippen LogP contribution in [0.4, 0.5) is 0 Å². The first kappa shape index (κ1) is 17.5. The van der Waals surface area contributed by atoms with E-state index >= 15 is 0 Å². The van der Waals surface area contributed by atoms with Crippen LogP contribution in [0.5, 0.6) is 5.88 Å². The van der Waals surface area contributed by atoms with E-state index in [1.54, 1.807) is 24.6 Å². The number of nitrogens with zero attached hydrogens (tertiary/aromatic N) is 2. The Hall–Kier alpha value is -2.34. The van der Waals surface area contributed by atoms with Crippen LogP contribution in [0.15, 0.2) is 41.1 Å². The molecule has 2 aromatic heterocycles. The van der Waals surface area contributed by atoms with Gasteiger partial charge in [0.15, 0.2) is 0 Å². The van der Waals surface area contributed by atoms with E-state index in [1.807, 2.05) is 31.1 Å². The van der Waals surface area contributed by atoms with Gasteiger partial charge < -0.3 is 14.5 Å². The standard InChI is InChI=1S/C19H25N3O3/c1-22(2)16(17-8-5-11-24-17)13-21-19(23)14-9-10-18(20-12-14)25-15-6-3-4-7-15/h5,8-12,15-16H,3-4,6-7,13H2,1-2H3,(H,21,23)/t16-/m0/s1. The first-order valence-electron chi connectivity index (χ1n) is 8.74. The molecule has 2 aromatic rings.